The van der Waals surface area contributed by atoms with Crippen molar-refractivity contribution < 1.29 is 9.47 Å². The molecule has 1 aliphatic heterocycles. The fourth-order valence-electron chi connectivity index (χ4n) is 3.02. The van der Waals surface area contributed by atoms with Crippen molar-refractivity contribution >= 4 is 35.6 Å². The molecule has 2 N–H and O–H groups in total. The van der Waals surface area contributed by atoms with Gasteiger partial charge in [0, 0.05) is 31.9 Å². The van der Waals surface area contributed by atoms with Crippen molar-refractivity contribution in [3.05, 3.63) is 18.2 Å². The molecule has 0 spiro atoms. The van der Waals surface area contributed by atoms with E-state index in [9.17, 15) is 0 Å². The molecular weight excluding hydrogens is 431 g/mol. The molecule has 0 aromatic heterocycles. The summed E-state index contributed by atoms with van der Waals surface area (Å²) in [4.78, 5) is 6.71. The van der Waals surface area contributed by atoms with Crippen LogP contribution in [0.25, 0.3) is 0 Å². The predicted octanol–water partition coefficient (Wildman–Crippen LogP) is 3.04. The summed E-state index contributed by atoms with van der Waals surface area (Å²) in [5.74, 6) is 2.90. The van der Waals surface area contributed by atoms with E-state index in [-0.39, 0.29) is 24.0 Å². The van der Waals surface area contributed by atoms with Gasteiger partial charge in [-0.2, -0.15) is 0 Å². The highest BCUT2D eigenvalue weighted by atomic mass is 127. The van der Waals surface area contributed by atoms with Crippen LogP contribution in [0.5, 0.6) is 11.5 Å². The normalized spacial score (nSPS) is 18.2. The molecule has 0 bridgehead atoms. The van der Waals surface area contributed by atoms with Gasteiger partial charge in [-0.1, -0.05) is 0 Å². The largest absolute Gasteiger partial charge is 0.493 e. The van der Waals surface area contributed by atoms with E-state index in [2.05, 4.69) is 27.6 Å². The van der Waals surface area contributed by atoms with Crippen molar-refractivity contribution in [2.75, 3.05) is 52.8 Å². The van der Waals surface area contributed by atoms with Crippen LogP contribution < -0.4 is 20.1 Å². The number of rotatable bonds is 6. The van der Waals surface area contributed by atoms with Gasteiger partial charge >= 0.3 is 0 Å². The maximum Gasteiger partial charge on any atom is 0.195 e. The third-order valence-corrected chi connectivity index (χ3v) is 4.23. The number of hydrogen-bond acceptors (Lipinski definition) is 4. The number of halogens is 1. The third-order valence-electron chi connectivity index (χ3n) is 4.23. The molecule has 1 saturated heterocycles. The highest BCUT2D eigenvalue weighted by molar-refractivity contribution is 14.0. The Labute approximate surface area is 168 Å². The molecule has 1 heterocycles. The number of methoxy groups -OCH3 is 1. The Hall–Kier alpha value is -1.22. The Morgan fingerprint density at radius 3 is 2.80 bits per heavy atom. The zero-order chi connectivity index (χ0) is 17.4. The molecule has 0 amide bonds. The third kappa shape index (κ3) is 6.89. The number of anilines is 1. The maximum atomic E-state index is 5.62. The molecule has 6 nitrogen and oxygen atoms in total. The van der Waals surface area contributed by atoms with Crippen molar-refractivity contribution in [3.8, 4) is 11.5 Å². The van der Waals surface area contributed by atoms with Crippen LogP contribution in [0.1, 0.15) is 19.8 Å². The number of ether oxygens (including phenoxy) is 2. The van der Waals surface area contributed by atoms with Crippen LogP contribution in [0, 0.1) is 5.92 Å². The van der Waals surface area contributed by atoms with E-state index >= 15 is 0 Å². The van der Waals surface area contributed by atoms with Gasteiger partial charge in [0.2, 0.25) is 0 Å². The fourth-order valence-corrected chi connectivity index (χ4v) is 3.02. The number of aliphatic imine (C=N–C) groups is 1. The molecule has 1 aromatic rings. The second-order valence-electron chi connectivity index (χ2n) is 6.15. The molecular formula is C18H31IN4O2. The van der Waals surface area contributed by atoms with E-state index in [1.165, 1.54) is 19.4 Å². The molecule has 0 saturated carbocycles. The van der Waals surface area contributed by atoms with Crippen molar-refractivity contribution in [1.29, 1.82) is 0 Å². The van der Waals surface area contributed by atoms with Crippen LogP contribution in [-0.2, 0) is 0 Å². The summed E-state index contributed by atoms with van der Waals surface area (Å²) in [7, 11) is 5.62. The number of hydrogen-bond donors (Lipinski definition) is 2. The van der Waals surface area contributed by atoms with Crippen molar-refractivity contribution in [3.63, 3.8) is 0 Å². The number of guanidine groups is 1. The smallest absolute Gasteiger partial charge is 0.195 e. The Balaban J connectivity index is 0.00000312. The van der Waals surface area contributed by atoms with E-state index in [0.717, 1.165) is 36.2 Å². The second kappa shape index (κ2) is 11.4. The summed E-state index contributed by atoms with van der Waals surface area (Å²) in [6, 6.07) is 5.79. The molecule has 142 valence electrons. The van der Waals surface area contributed by atoms with Gasteiger partial charge in [-0.05, 0) is 51.4 Å². The summed E-state index contributed by atoms with van der Waals surface area (Å²) in [5, 5.41) is 6.75. The van der Waals surface area contributed by atoms with E-state index in [1.807, 2.05) is 25.1 Å². The summed E-state index contributed by atoms with van der Waals surface area (Å²) >= 11 is 0. The molecule has 1 aliphatic rings. The first-order valence-electron chi connectivity index (χ1n) is 8.63. The van der Waals surface area contributed by atoms with E-state index in [4.69, 9.17) is 9.47 Å². The van der Waals surface area contributed by atoms with Crippen molar-refractivity contribution in [2.45, 2.75) is 19.8 Å². The van der Waals surface area contributed by atoms with Crippen molar-refractivity contribution in [1.82, 2.24) is 10.2 Å². The quantitative estimate of drug-likeness (QED) is 0.387. The van der Waals surface area contributed by atoms with Crippen LogP contribution in [0.2, 0.25) is 0 Å². The minimum Gasteiger partial charge on any atom is -0.493 e. The topological polar surface area (TPSA) is 58.1 Å². The summed E-state index contributed by atoms with van der Waals surface area (Å²) < 4.78 is 10.9. The zero-order valence-electron chi connectivity index (χ0n) is 15.7. The SMILES string of the molecule is CCOc1cc(NC(=NC)NCC2CCCN(C)C2)ccc1OC.I. The van der Waals surface area contributed by atoms with Gasteiger partial charge in [-0.25, -0.2) is 0 Å². The second-order valence-corrected chi connectivity index (χ2v) is 6.15. The minimum atomic E-state index is 0. The fraction of sp³-hybridized carbons (Fsp3) is 0.611. The number of nitrogens with zero attached hydrogens (tertiary/aromatic N) is 2. The van der Waals surface area contributed by atoms with Gasteiger partial charge in [0.05, 0.1) is 13.7 Å². The molecule has 1 unspecified atom stereocenters. The van der Waals surface area contributed by atoms with Crippen molar-refractivity contribution in [2.24, 2.45) is 10.9 Å². The molecule has 0 aliphatic carbocycles. The molecule has 1 aromatic carbocycles. The van der Waals surface area contributed by atoms with Crippen LogP contribution in [-0.4, -0.2) is 58.3 Å². The van der Waals surface area contributed by atoms with E-state index in [1.54, 1.807) is 14.2 Å². The number of benzene rings is 1. The first-order valence-corrected chi connectivity index (χ1v) is 8.63. The molecule has 0 radical (unpaired) electrons. The number of piperidine rings is 1. The highest BCUT2D eigenvalue weighted by Crippen LogP contribution is 2.30. The van der Waals surface area contributed by atoms with Crippen LogP contribution in [0.3, 0.4) is 0 Å². The molecule has 25 heavy (non-hydrogen) atoms. The summed E-state index contributed by atoms with van der Waals surface area (Å²) in [5.41, 5.74) is 0.924. The van der Waals surface area contributed by atoms with Crippen LogP contribution in [0.4, 0.5) is 5.69 Å². The lowest BCUT2D eigenvalue weighted by Gasteiger charge is -2.30. The standard InChI is InChI=1S/C18H30N4O2.HI/c1-5-24-17-11-15(8-9-16(17)23-4)21-18(19-2)20-12-14-7-6-10-22(3)13-14;/h8-9,11,14H,5-7,10,12-13H2,1-4H3,(H2,19,20,21);1H. The first kappa shape index (κ1) is 21.8. The van der Waals surface area contributed by atoms with Gasteiger partial charge < -0.3 is 25.0 Å². The Bertz CT molecular complexity index is 554. The van der Waals surface area contributed by atoms with E-state index in [0.29, 0.717) is 12.5 Å². The Morgan fingerprint density at radius 1 is 1.36 bits per heavy atom. The Kier molecular flexibility index (Phi) is 9.96. The molecule has 7 heteroatoms. The summed E-state index contributed by atoms with van der Waals surface area (Å²) in [6.45, 7) is 5.83. The monoisotopic (exact) mass is 462 g/mol. The lowest BCUT2D eigenvalue weighted by molar-refractivity contribution is 0.211. The van der Waals surface area contributed by atoms with Gasteiger partial charge in [-0.15, -0.1) is 24.0 Å². The van der Waals surface area contributed by atoms with Gasteiger partial charge in [0.25, 0.3) is 0 Å². The highest BCUT2D eigenvalue weighted by Gasteiger charge is 2.17. The lowest BCUT2D eigenvalue weighted by atomic mass is 9.99. The van der Waals surface area contributed by atoms with Gasteiger partial charge in [-0.3, -0.25) is 4.99 Å². The number of nitrogens with one attached hydrogen (secondary N) is 2. The zero-order valence-corrected chi connectivity index (χ0v) is 18.0. The maximum absolute atomic E-state index is 5.62. The minimum absolute atomic E-state index is 0. The Morgan fingerprint density at radius 2 is 2.16 bits per heavy atom. The lowest BCUT2D eigenvalue weighted by Crippen LogP contribution is -2.41. The number of likely N-dealkylation sites (tertiary alicyclic amines) is 1. The van der Waals surface area contributed by atoms with Crippen LogP contribution >= 0.6 is 24.0 Å². The predicted molar refractivity (Wildman–Crippen MR) is 115 cm³/mol. The average Bonchev–Trinajstić information content (AvgIpc) is 2.59. The molecule has 2 rings (SSSR count). The molecule has 1 fully saturated rings. The van der Waals surface area contributed by atoms with Gasteiger partial charge in [0.15, 0.2) is 17.5 Å². The average molecular weight is 462 g/mol. The van der Waals surface area contributed by atoms with Crippen LogP contribution in [0.15, 0.2) is 23.2 Å². The van der Waals surface area contributed by atoms with E-state index < -0.39 is 0 Å². The van der Waals surface area contributed by atoms with Gasteiger partial charge in [0.1, 0.15) is 0 Å². The molecule has 1 atom stereocenters. The first-order chi connectivity index (χ1) is 11.7. The summed E-state index contributed by atoms with van der Waals surface area (Å²) in [6.07, 6.45) is 2.54.